The van der Waals surface area contributed by atoms with Gasteiger partial charge < -0.3 is 27.9 Å². The van der Waals surface area contributed by atoms with Crippen molar-refractivity contribution >= 4 is 19.8 Å². The molecule has 0 radical (unpaired) electrons. The zero-order valence-electron chi connectivity index (χ0n) is 35.3. The molecule has 0 heterocycles. The zero-order chi connectivity index (χ0) is 40.0. The Morgan fingerprint density at radius 3 is 1.59 bits per heavy atom. The van der Waals surface area contributed by atoms with Crippen molar-refractivity contribution in [1.82, 2.24) is 0 Å². The molecule has 316 valence electrons. The number of likely N-dealkylation sites (N-methyl/N-ethyl adjacent to an activating group) is 1. The van der Waals surface area contributed by atoms with Gasteiger partial charge in [-0.25, -0.2) is 0 Å². The summed E-state index contributed by atoms with van der Waals surface area (Å²) in [5, 5.41) is 0. The highest BCUT2D eigenvalue weighted by Gasteiger charge is 2.21. The molecule has 0 amide bonds. The van der Waals surface area contributed by atoms with Gasteiger partial charge in [0, 0.05) is 12.8 Å². The first-order valence-corrected chi connectivity index (χ1v) is 23.1. The third kappa shape index (κ3) is 39.9. The van der Waals surface area contributed by atoms with Gasteiger partial charge in [0.1, 0.15) is 19.8 Å². The van der Waals surface area contributed by atoms with E-state index in [-0.39, 0.29) is 26.1 Å². The number of carbonyl (C=O) groups is 2. The Morgan fingerprint density at radius 1 is 0.630 bits per heavy atom. The number of hydrogen-bond acceptors (Lipinski definition) is 8. The van der Waals surface area contributed by atoms with Gasteiger partial charge in [0.15, 0.2) is 6.10 Å². The van der Waals surface area contributed by atoms with Crippen LogP contribution in [0.3, 0.4) is 0 Å². The molecule has 0 aliphatic rings. The summed E-state index contributed by atoms with van der Waals surface area (Å²) in [4.78, 5) is 37.5. The predicted octanol–water partition coefficient (Wildman–Crippen LogP) is 11.5. The molecule has 0 aliphatic carbocycles. The number of phosphoric acid groups is 1. The maximum Gasteiger partial charge on any atom is 0.306 e. The molecule has 0 aromatic rings. The number of phosphoric ester groups is 1. The Kier molecular flexibility index (Phi) is 35.6. The van der Waals surface area contributed by atoms with Crippen molar-refractivity contribution in [2.75, 3.05) is 47.5 Å². The van der Waals surface area contributed by atoms with Crippen molar-refractivity contribution < 1.29 is 42.1 Å². The smallest absolute Gasteiger partial charge is 0.306 e. The highest BCUT2D eigenvalue weighted by molar-refractivity contribution is 7.45. The summed E-state index contributed by atoms with van der Waals surface area (Å²) < 4.78 is 33.9. The number of quaternary nitrogens is 1. The van der Waals surface area contributed by atoms with E-state index in [1.54, 1.807) is 0 Å². The minimum atomic E-state index is -4.63. The summed E-state index contributed by atoms with van der Waals surface area (Å²) in [5.74, 6) is -0.852. The van der Waals surface area contributed by atoms with E-state index in [2.05, 4.69) is 37.8 Å². The van der Waals surface area contributed by atoms with Gasteiger partial charge in [0.2, 0.25) is 0 Å². The summed E-state index contributed by atoms with van der Waals surface area (Å²) in [6.07, 6.45) is 39.1. The fourth-order valence-corrected chi connectivity index (χ4v) is 6.57. The molecule has 0 aliphatic heterocycles. The van der Waals surface area contributed by atoms with Crippen LogP contribution >= 0.6 is 7.82 Å². The molecule has 0 fully saturated rings. The number of esters is 2. The summed E-state index contributed by atoms with van der Waals surface area (Å²) in [6, 6.07) is 0. The number of unbranched alkanes of at least 4 members (excludes halogenated alkanes) is 21. The van der Waals surface area contributed by atoms with Gasteiger partial charge in [0.05, 0.1) is 27.7 Å². The molecule has 0 saturated heterocycles. The van der Waals surface area contributed by atoms with Crippen LogP contribution in [0.4, 0.5) is 0 Å². The summed E-state index contributed by atoms with van der Waals surface area (Å²) in [5.41, 5.74) is 0. The van der Waals surface area contributed by atoms with Crippen molar-refractivity contribution in [2.45, 2.75) is 186 Å². The van der Waals surface area contributed by atoms with Crippen LogP contribution in [0, 0.1) is 0 Å². The molecule has 1 unspecified atom stereocenters. The van der Waals surface area contributed by atoms with Crippen molar-refractivity contribution in [3.05, 3.63) is 37.0 Å². The second kappa shape index (κ2) is 36.8. The van der Waals surface area contributed by atoms with Crippen LogP contribution in [0.1, 0.15) is 180 Å². The van der Waals surface area contributed by atoms with Gasteiger partial charge in [-0.1, -0.05) is 140 Å². The average Bonchev–Trinajstić information content (AvgIpc) is 3.12. The highest BCUT2D eigenvalue weighted by Crippen LogP contribution is 2.38. The number of carbonyl (C=O) groups excluding carboxylic acids is 2. The predicted molar refractivity (Wildman–Crippen MR) is 222 cm³/mol. The fourth-order valence-electron chi connectivity index (χ4n) is 5.84. The van der Waals surface area contributed by atoms with E-state index in [0.29, 0.717) is 23.9 Å². The Hall–Kier alpha value is -1.77. The number of hydrogen-bond donors (Lipinski definition) is 0. The number of allylic oxidation sites excluding steroid dienone is 5. The lowest BCUT2D eigenvalue weighted by molar-refractivity contribution is -0.870. The number of nitrogens with zero attached hydrogens (tertiary/aromatic N) is 1. The van der Waals surface area contributed by atoms with E-state index in [9.17, 15) is 19.0 Å². The van der Waals surface area contributed by atoms with Crippen LogP contribution in [-0.4, -0.2) is 70.0 Å². The molecule has 2 atom stereocenters. The second-order valence-corrected chi connectivity index (χ2v) is 17.2. The van der Waals surface area contributed by atoms with E-state index in [4.69, 9.17) is 18.5 Å². The van der Waals surface area contributed by atoms with Crippen LogP contribution in [0.25, 0.3) is 0 Å². The quantitative estimate of drug-likeness (QED) is 0.0199. The van der Waals surface area contributed by atoms with Crippen LogP contribution in [0.15, 0.2) is 37.0 Å². The maximum atomic E-state index is 12.7. The molecule has 0 bridgehead atoms. The van der Waals surface area contributed by atoms with E-state index in [1.165, 1.54) is 83.5 Å². The van der Waals surface area contributed by atoms with Crippen molar-refractivity contribution in [3.63, 3.8) is 0 Å². The molecule has 0 saturated carbocycles. The third-order valence-electron chi connectivity index (χ3n) is 9.28. The molecular weight excluding hydrogens is 701 g/mol. The normalized spacial score (nSPS) is 13.7. The zero-order valence-corrected chi connectivity index (χ0v) is 36.1. The Balaban J connectivity index is 4.37. The summed E-state index contributed by atoms with van der Waals surface area (Å²) in [6.45, 7) is 5.70. The van der Waals surface area contributed by atoms with Gasteiger partial charge in [-0.15, -0.1) is 6.58 Å². The molecule has 0 aromatic carbocycles. The van der Waals surface area contributed by atoms with Crippen LogP contribution in [0.5, 0.6) is 0 Å². The minimum absolute atomic E-state index is 0.0338. The van der Waals surface area contributed by atoms with Crippen LogP contribution < -0.4 is 4.89 Å². The molecule has 9 nitrogen and oxygen atoms in total. The first-order chi connectivity index (χ1) is 26.0. The fraction of sp³-hybridized carbons (Fsp3) is 0.818. The molecular formula is C44H82NO8P. The Labute approximate surface area is 331 Å². The second-order valence-electron chi connectivity index (χ2n) is 15.8. The molecule has 0 spiro atoms. The SMILES string of the molecule is C=CCCCCCCCCCCCCCCCC(=O)O[C@H](COC(=O)CCCCCCC/C=C/C/C=C/CCCCC)COP(=O)([O-])OCC[N+](C)(C)C. The Bertz CT molecular complexity index is 1010. The third-order valence-corrected chi connectivity index (χ3v) is 10.2. The monoisotopic (exact) mass is 784 g/mol. The first-order valence-electron chi connectivity index (χ1n) is 21.7. The van der Waals surface area contributed by atoms with Gasteiger partial charge in [-0.3, -0.25) is 14.2 Å². The lowest BCUT2D eigenvalue weighted by Gasteiger charge is -2.28. The summed E-state index contributed by atoms with van der Waals surface area (Å²) in [7, 11) is 1.15. The number of ether oxygens (including phenoxy) is 2. The maximum absolute atomic E-state index is 12.7. The topological polar surface area (TPSA) is 111 Å². The number of rotatable bonds is 40. The van der Waals surface area contributed by atoms with Crippen molar-refractivity contribution in [2.24, 2.45) is 0 Å². The van der Waals surface area contributed by atoms with Gasteiger partial charge in [0.25, 0.3) is 7.82 Å². The molecule has 10 heteroatoms. The lowest BCUT2D eigenvalue weighted by Crippen LogP contribution is -2.37. The molecule has 54 heavy (non-hydrogen) atoms. The lowest BCUT2D eigenvalue weighted by atomic mass is 10.0. The Morgan fingerprint density at radius 2 is 1.09 bits per heavy atom. The molecule has 0 N–H and O–H groups in total. The first kappa shape index (κ1) is 52.2. The standard InChI is InChI=1S/C44H82NO8P/c1-6-8-10-12-14-16-18-20-22-24-26-28-30-32-34-36-43(46)50-40-42(41-52-54(48,49)51-39-38-45(3,4)5)53-44(47)37-35-33-31-29-27-25-23-21-19-17-15-13-11-9-7-2/h7,14,16,20,22,42H,2,6,8-13,15,17-19,21,23-41H2,1,3-5H3/b16-14+,22-20+/t42-/m1/s1. The van der Waals surface area contributed by atoms with Crippen LogP contribution in [-0.2, 0) is 32.7 Å². The van der Waals surface area contributed by atoms with Crippen LogP contribution in [0.2, 0.25) is 0 Å². The van der Waals surface area contributed by atoms with E-state index in [1.807, 2.05) is 27.2 Å². The van der Waals surface area contributed by atoms with E-state index >= 15 is 0 Å². The molecule has 0 rings (SSSR count). The van der Waals surface area contributed by atoms with Crippen molar-refractivity contribution in [1.29, 1.82) is 0 Å². The van der Waals surface area contributed by atoms with Gasteiger partial charge in [-0.05, 0) is 57.8 Å². The minimum Gasteiger partial charge on any atom is -0.756 e. The van der Waals surface area contributed by atoms with Gasteiger partial charge in [-0.2, -0.15) is 0 Å². The van der Waals surface area contributed by atoms with E-state index in [0.717, 1.165) is 64.2 Å². The highest BCUT2D eigenvalue weighted by atomic mass is 31.2. The summed E-state index contributed by atoms with van der Waals surface area (Å²) >= 11 is 0. The average molecular weight is 784 g/mol. The van der Waals surface area contributed by atoms with E-state index < -0.39 is 32.5 Å². The largest absolute Gasteiger partial charge is 0.756 e. The molecule has 0 aromatic heterocycles. The van der Waals surface area contributed by atoms with Gasteiger partial charge >= 0.3 is 11.9 Å². The van der Waals surface area contributed by atoms with Crippen molar-refractivity contribution in [3.8, 4) is 0 Å².